The molecule has 24 heavy (non-hydrogen) atoms. The van der Waals surface area contributed by atoms with Crippen LogP contribution in [0.1, 0.15) is 11.1 Å². The van der Waals surface area contributed by atoms with E-state index in [0.717, 1.165) is 11.3 Å². The van der Waals surface area contributed by atoms with Crippen molar-refractivity contribution in [3.8, 4) is 5.75 Å². The number of pyridine rings is 1. The maximum absolute atomic E-state index is 12.3. The Balaban J connectivity index is 2.15. The van der Waals surface area contributed by atoms with Gasteiger partial charge in [-0.2, -0.15) is 0 Å². The molecule has 0 saturated heterocycles. The van der Waals surface area contributed by atoms with E-state index in [0.29, 0.717) is 22.7 Å². The molecule has 0 amide bonds. The average molecular weight is 340 g/mol. The quantitative estimate of drug-likeness (QED) is 0.523. The number of aromatic nitrogens is 3. The van der Waals surface area contributed by atoms with Gasteiger partial charge in [-0.1, -0.05) is 23.9 Å². The Labute approximate surface area is 142 Å². The molecule has 121 valence electrons. The van der Waals surface area contributed by atoms with Crippen molar-refractivity contribution in [2.24, 2.45) is 0 Å². The molecule has 0 unspecified atom stereocenters. The SMILES string of the molecule is COc1ccc(Cn2cc([C]=O)c(=O)c3cnc(SC)nc32)cc1. The summed E-state index contributed by atoms with van der Waals surface area (Å²) in [6.45, 7) is 0.459. The molecule has 6 nitrogen and oxygen atoms in total. The van der Waals surface area contributed by atoms with Gasteiger partial charge in [-0.15, -0.1) is 0 Å². The minimum Gasteiger partial charge on any atom is -0.497 e. The molecule has 3 aromatic rings. The summed E-state index contributed by atoms with van der Waals surface area (Å²) in [6, 6.07) is 7.55. The van der Waals surface area contributed by atoms with Crippen molar-refractivity contribution >= 4 is 29.1 Å². The molecule has 0 N–H and O–H groups in total. The van der Waals surface area contributed by atoms with Crippen LogP contribution >= 0.6 is 11.8 Å². The molecule has 1 aromatic carbocycles. The highest BCUT2D eigenvalue weighted by atomic mass is 32.2. The van der Waals surface area contributed by atoms with Crippen molar-refractivity contribution in [3.05, 3.63) is 58.0 Å². The Hall–Kier alpha value is -2.67. The number of nitrogens with zero attached hydrogens (tertiary/aromatic N) is 3. The van der Waals surface area contributed by atoms with Crippen LogP contribution in [0.25, 0.3) is 11.0 Å². The third kappa shape index (κ3) is 3.03. The second-order valence-electron chi connectivity index (χ2n) is 5.04. The van der Waals surface area contributed by atoms with Crippen LogP contribution in [0.5, 0.6) is 5.75 Å². The van der Waals surface area contributed by atoms with Gasteiger partial charge in [-0.05, 0) is 24.0 Å². The standard InChI is InChI=1S/C17H14N3O3S/c1-23-13-5-3-11(4-6-13)8-20-9-12(10-21)15(22)14-7-18-17(24-2)19-16(14)20/h3-7,9H,8H2,1-2H3. The third-order valence-corrected chi connectivity index (χ3v) is 4.16. The van der Waals surface area contributed by atoms with Crippen LogP contribution in [0, 0.1) is 0 Å². The number of hydrogen-bond donors (Lipinski definition) is 0. The van der Waals surface area contributed by atoms with Crippen molar-refractivity contribution in [1.29, 1.82) is 0 Å². The third-order valence-electron chi connectivity index (χ3n) is 3.60. The summed E-state index contributed by atoms with van der Waals surface area (Å²) in [6.07, 6.45) is 6.50. The minimum absolute atomic E-state index is 0.0310. The van der Waals surface area contributed by atoms with Crippen molar-refractivity contribution in [2.45, 2.75) is 11.7 Å². The van der Waals surface area contributed by atoms with Gasteiger partial charge in [0.1, 0.15) is 11.4 Å². The molecule has 0 atom stereocenters. The van der Waals surface area contributed by atoms with Crippen molar-refractivity contribution in [2.75, 3.05) is 13.4 Å². The molecule has 0 spiro atoms. The zero-order valence-corrected chi connectivity index (χ0v) is 14.0. The van der Waals surface area contributed by atoms with Gasteiger partial charge in [0.2, 0.25) is 11.7 Å². The fraction of sp³-hybridized carbons (Fsp3) is 0.176. The lowest BCUT2D eigenvalue weighted by atomic mass is 10.2. The zero-order valence-electron chi connectivity index (χ0n) is 13.1. The molecule has 1 radical (unpaired) electrons. The van der Waals surface area contributed by atoms with Crippen LogP contribution in [0.15, 0.2) is 46.6 Å². The molecule has 0 aliphatic carbocycles. The van der Waals surface area contributed by atoms with Gasteiger partial charge < -0.3 is 9.30 Å². The lowest BCUT2D eigenvalue weighted by Crippen LogP contribution is -2.16. The summed E-state index contributed by atoms with van der Waals surface area (Å²) in [4.78, 5) is 31.9. The van der Waals surface area contributed by atoms with Gasteiger partial charge in [-0.3, -0.25) is 9.59 Å². The molecular weight excluding hydrogens is 326 g/mol. The average Bonchev–Trinajstić information content (AvgIpc) is 2.64. The highest BCUT2D eigenvalue weighted by Gasteiger charge is 2.12. The monoisotopic (exact) mass is 340 g/mol. The van der Waals surface area contributed by atoms with Crippen LogP contribution in [0.2, 0.25) is 0 Å². The first-order valence-corrected chi connectivity index (χ1v) is 8.34. The Kier molecular flexibility index (Phi) is 4.61. The topological polar surface area (TPSA) is 74.1 Å². The number of methoxy groups -OCH3 is 1. The van der Waals surface area contributed by atoms with Crippen LogP contribution < -0.4 is 10.2 Å². The molecule has 0 aliphatic heterocycles. The van der Waals surface area contributed by atoms with E-state index in [4.69, 9.17) is 4.74 Å². The lowest BCUT2D eigenvalue weighted by molar-refractivity contribution is 0.414. The molecule has 2 heterocycles. The highest BCUT2D eigenvalue weighted by molar-refractivity contribution is 7.98. The molecule has 3 rings (SSSR count). The zero-order chi connectivity index (χ0) is 17.1. The van der Waals surface area contributed by atoms with Gasteiger partial charge in [0, 0.05) is 18.9 Å². The molecule has 7 heteroatoms. The number of thioether (sulfide) groups is 1. The Morgan fingerprint density at radius 2 is 2.04 bits per heavy atom. The lowest BCUT2D eigenvalue weighted by Gasteiger charge is -2.12. The predicted octanol–water partition coefficient (Wildman–Crippen LogP) is 2.03. The largest absolute Gasteiger partial charge is 0.497 e. The van der Waals surface area contributed by atoms with Gasteiger partial charge in [0.05, 0.1) is 18.1 Å². The summed E-state index contributed by atoms with van der Waals surface area (Å²) >= 11 is 1.39. The smallest absolute Gasteiger partial charge is 0.239 e. The van der Waals surface area contributed by atoms with E-state index in [1.807, 2.05) is 30.5 Å². The van der Waals surface area contributed by atoms with E-state index in [1.54, 1.807) is 18.0 Å². The van der Waals surface area contributed by atoms with Gasteiger partial charge >= 0.3 is 0 Å². The summed E-state index contributed by atoms with van der Waals surface area (Å²) in [5.74, 6) is 0.762. The van der Waals surface area contributed by atoms with E-state index in [-0.39, 0.29) is 5.56 Å². The molecule has 2 aromatic heterocycles. The summed E-state index contributed by atoms with van der Waals surface area (Å²) in [5.41, 5.74) is 1.05. The summed E-state index contributed by atoms with van der Waals surface area (Å²) in [7, 11) is 1.61. The first-order valence-electron chi connectivity index (χ1n) is 7.11. The molecule has 0 bridgehead atoms. The summed E-state index contributed by atoms with van der Waals surface area (Å²) < 4.78 is 6.91. The van der Waals surface area contributed by atoms with E-state index < -0.39 is 5.43 Å². The van der Waals surface area contributed by atoms with Crippen LogP contribution in [0.4, 0.5) is 0 Å². The number of benzene rings is 1. The van der Waals surface area contributed by atoms with E-state index in [9.17, 15) is 9.59 Å². The predicted molar refractivity (Wildman–Crippen MR) is 92.5 cm³/mol. The number of ether oxygens (including phenoxy) is 1. The Morgan fingerprint density at radius 3 is 2.67 bits per heavy atom. The molecule has 0 fully saturated rings. The molecule has 0 aliphatic rings. The number of fused-ring (bicyclic) bond motifs is 1. The van der Waals surface area contributed by atoms with Gasteiger partial charge in [0.15, 0.2) is 5.16 Å². The second kappa shape index (κ2) is 6.84. The van der Waals surface area contributed by atoms with E-state index in [1.165, 1.54) is 24.2 Å². The maximum Gasteiger partial charge on any atom is 0.239 e. The fourth-order valence-electron chi connectivity index (χ4n) is 2.38. The highest BCUT2D eigenvalue weighted by Crippen LogP contribution is 2.17. The van der Waals surface area contributed by atoms with Gasteiger partial charge in [-0.25, -0.2) is 9.97 Å². The molecule has 0 saturated carbocycles. The fourth-order valence-corrected chi connectivity index (χ4v) is 2.71. The summed E-state index contributed by atoms with van der Waals surface area (Å²) in [5, 5.41) is 0.871. The number of rotatable bonds is 5. The first kappa shape index (κ1) is 16.2. The Bertz CT molecular complexity index is 952. The minimum atomic E-state index is -0.404. The van der Waals surface area contributed by atoms with E-state index in [2.05, 4.69) is 9.97 Å². The van der Waals surface area contributed by atoms with Crippen molar-refractivity contribution < 1.29 is 9.53 Å². The van der Waals surface area contributed by atoms with Gasteiger partial charge in [0.25, 0.3) is 0 Å². The van der Waals surface area contributed by atoms with Crippen molar-refractivity contribution in [3.63, 3.8) is 0 Å². The van der Waals surface area contributed by atoms with E-state index >= 15 is 0 Å². The van der Waals surface area contributed by atoms with Crippen LogP contribution in [-0.2, 0) is 11.3 Å². The number of hydrogen-bond acceptors (Lipinski definition) is 6. The maximum atomic E-state index is 12.3. The van der Waals surface area contributed by atoms with Crippen molar-refractivity contribution in [1.82, 2.24) is 14.5 Å². The number of carbonyl (C=O) groups excluding carboxylic acids is 1. The van der Waals surface area contributed by atoms with Crippen LogP contribution in [-0.4, -0.2) is 34.2 Å². The second-order valence-corrected chi connectivity index (χ2v) is 5.82. The first-order chi connectivity index (χ1) is 11.7. The Morgan fingerprint density at radius 1 is 1.29 bits per heavy atom. The van der Waals surface area contributed by atoms with Crippen LogP contribution in [0.3, 0.4) is 0 Å². The molecular formula is C17H14N3O3S. The normalized spacial score (nSPS) is 10.8.